The van der Waals surface area contributed by atoms with Crippen LogP contribution in [0.3, 0.4) is 0 Å². The number of hydrogen-bond acceptors (Lipinski definition) is 3. The van der Waals surface area contributed by atoms with Crippen LogP contribution < -0.4 is 0 Å². The molecule has 1 aliphatic rings. The van der Waals surface area contributed by atoms with Crippen molar-refractivity contribution in [2.24, 2.45) is 0 Å². The first kappa shape index (κ1) is 15.6. The summed E-state index contributed by atoms with van der Waals surface area (Å²) in [6, 6.07) is 8.18. The fourth-order valence-electron chi connectivity index (χ4n) is 2.82. The maximum absolute atomic E-state index is 13.4. The van der Waals surface area contributed by atoms with E-state index in [1.54, 1.807) is 35.3 Å². The number of aliphatic hydroxyl groups excluding tert-OH is 1. The van der Waals surface area contributed by atoms with E-state index >= 15 is 0 Å². The molecule has 3 rings (SSSR count). The molecule has 0 saturated carbocycles. The van der Waals surface area contributed by atoms with Crippen LogP contribution in [0.25, 0.3) is 5.69 Å². The number of alkyl halides is 2. The molecule has 0 spiro atoms. The van der Waals surface area contributed by atoms with Gasteiger partial charge >= 0.3 is 0 Å². The van der Waals surface area contributed by atoms with Crippen LogP contribution in [0.4, 0.5) is 8.78 Å². The zero-order valence-electron chi connectivity index (χ0n) is 12.4. The lowest BCUT2D eigenvalue weighted by molar-refractivity contribution is -0.133. The second-order valence-corrected chi connectivity index (χ2v) is 5.71. The standard InChI is InChI=1S/C16H17F2N3O2/c17-16(18)9-14(10-22)20(11-16)15(23)8-12-2-4-13(5-3-12)21-7-1-6-19-21/h1-7,14,22H,8-11H2. The SMILES string of the molecule is O=C(Cc1ccc(-n2cccn2)cc1)N1CC(F)(F)CC1CO. The summed E-state index contributed by atoms with van der Waals surface area (Å²) >= 11 is 0. The second kappa shape index (κ2) is 6.08. The van der Waals surface area contributed by atoms with Crippen LogP contribution in [0.15, 0.2) is 42.7 Å². The lowest BCUT2D eigenvalue weighted by Gasteiger charge is -2.22. The van der Waals surface area contributed by atoms with Gasteiger partial charge in [-0.25, -0.2) is 13.5 Å². The molecule has 0 bridgehead atoms. The van der Waals surface area contributed by atoms with Crippen molar-refractivity contribution in [3.63, 3.8) is 0 Å². The molecule has 1 unspecified atom stereocenters. The highest BCUT2D eigenvalue weighted by Crippen LogP contribution is 2.32. The molecule has 0 aliphatic carbocycles. The molecule has 1 N–H and O–H groups in total. The average Bonchev–Trinajstić information content (AvgIpc) is 3.15. The Labute approximate surface area is 132 Å². The maximum atomic E-state index is 13.4. The van der Waals surface area contributed by atoms with Gasteiger partial charge in [-0.3, -0.25) is 4.79 Å². The van der Waals surface area contributed by atoms with Crippen molar-refractivity contribution < 1.29 is 18.7 Å². The van der Waals surface area contributed by atoms with E-state index < -0.39 is 37.4 Å². The zero-order valence-corrected chi connectivity index (χ0v) is 12.4. The fraction of sp³-hybridized carbons (Fsp3) is 0.375. The van der Waals surface area contributed by atoms with Gasteiger partial charge in [0.25, 0.3) is 5.92 Å². The van der Waals surface area contributed by atoms with Crippen molar-refractivity contribution in [1.29, 1.82) is 0 Å². The Morgan fingerprint density at radius 1 is 1.35 bits per heavy atom. The van der Waals surface area contributed by atoms with E-state index in [9.17, 15) is 18.7 Å². The van der Waals surface area contributed by atoms with Crippen molar-refractivity contribution in [1.82, 2.24) is 14.7 Å². The first-order valence-corrected chi connectivity index (χ1v) is 7.36. The van der Waals surface area contributed by atoms with Crippen LogP contribution in [-0.4, -0.2) is 50.8 Å². The Morgan fingerprint density at radius 3 is 2.70 bits per heavy atom. The summed E-state index contributed by atoms with van der Waals surface area (Å²) < 4.78 is 28.5. The number of nitrogens with zero attached hydrogens (tertiary/aromatic N) is 3. The first-order chi connectivity index (χ1) is 11.0. The van der Waals surface area contributed by atoms with Crippen molar-refractivity contribution >= 4 is 5.91 Å². The summed E-state index contributed by atoms with van der Waals surface area (Å²) in [5.74, 6) is -3.32. The van der Waals surface area contributed by atoms with Gasteiger partial charge in [0.2, 0.25) is 5.91 Å². The van der Waals surface area contributed by atoms with Crippen LogP contribution >= 0.6 is 0 Å². The summed E-state index contributed by atoms with van der Waals surface area (Å²) in [6.07, 6.45) is 3.03. The third kappa shape index (κ3) is 3.39. The fourth-order valence-corrected chi connectivity index (χ4v) is 2.82. The molecule has 1 fully saturated rings. The number of aromatic nitrogens is 2. The predicted octanol–water partition coefficient (Wildman–Crippen LogP) is 1.64. The average molecular weight is 321 g/mol. The molecule has 7 heteroatoms. The normalized spacial score (nSPS) is 20.0. The van der Waals surface area contributed by atoms with Gasteiger partial charge in [-0.15, -0.1) is 0 Å². The molecule has 1 aromatic heterocycles. The highest BCUT2D eigenvalue weighted by molar-refractivity contribution is 5.79. The first-order valence-electron chi connectivity index (χ1n) is 7.36. The van der Waals surface area contributed by atoms with Gasteiger partial charge in [0.1, 0.15) is 0 Å². The molecule has 5 nitrogen and oxygen atoms in total. The number of likely N-dealkylation sites (tertiary alicyclic amines) is 1. The summed E-state index contributed by atoms with van der Waals surface area (Å²) in [7, 11) is 0. The molecule has 122 valence electrons. The Morgan fingerprint density at radius 2 is 2.09 bits per heavy atom. The van der Waals surface area contributed by atoms with Crippen LogP contribution in [-0.2, 0) is 11.2 Å². The number of halogens is 2. The second-order valence-electron chi connectivity index (χ2n) is 5.71. The molecule has 1 aromatic carbocycles. The Hall–Kier alpha value is -2.28. The molecular formula is C16H17F2N3O2. The Balaban J connectivity index is 1.68. The van der Waals surface area contributed by atoms with Crippen LogP contribution in [0.5, 0.6) is 0 Å². The minimum atomic E-state index is -2.92. The van der Waals surface area contributed by atoms with Crippen molar-refractivity contribution in [2.75, 3.05) is 13.2 Å². The number of rotatable bonds is 4. The van der Waals surface area contributed by atoms with Crippen LogP contribution in [0.1, 0.15) is 12.0 Å². The lowest BCUT2D eigenvalue weighted by atomic mass is 10.1. The number of benzene rings is 1. The van der Waals surface area contributed by atoms with E-state index in [0.717, 1.165) is 16.2 Å². The van der Waals surface area contributed by atoms with Crippen LogP contribution in [0.2, 0.25) is 0 Å². The molecule has 23 heavy (non-hydrogen) atoms. The van der Waals surface area contributed by atoms with Crippen molar-refractivity contribution in [2.45, 2.75) is 24.8 Å². The molecule has 0 radical (unpaired) electrons. The molecule has 2 heterocycles. The van der Waals surface area contributed by atoms with E-state index in [4.69, 9.17) is 0 Å². The number of amides is 1. The van der Waals surface area contributed by atoms with Gasteiger partial charge in [0.05, 0.1) is 31.3 Å². The lowest BCUT2D eigenvalue weighted by Crippen LogP contribution is -2.39. The van der Waals surface area contributed by atoms with Crippen molar-refractivity contribution in [3.05, 3.63) is 48.3 Å². The maximum Gasteiger partial charge on any atom is 0.267 e. The molecule has 1 saturated heterocycles. The van der Waals surface area contributed by atoms with E-state index in [1.165, 1.54) is 0 Å². The minimum absolute atomic E-state index is 0.0337. The van der Waals surface area contributed by atoms with Crippen LogP contribution in [0, 0.1) is 0 Å². The van der Waals surface area contributed by atoms with Gasteiger partial charge in [0.15, 0.2) is 0 Å². The van der Waals surface area contributed by atoms with Gasteiger partial charge in [-0.05, 0) is 23.8 Å². The zero-order chi connectivity index (χ0) is 16.4. The van der Waals surface area contributed by atoms with Gasteiger partial charge in [-0.1, -0.05) is 12.1 Å². The summed E-state index contributed by atoms with van der Waals surface area (Å²) in [4.78, 5) is 13.3. The predicted molar refractivity (Wildman–Crippen MR) is 79.4 cm³/mol. The molecule has 1 amide bonds. The molecule has 1 atom stereocenters. The molecule has 2 aromatic rings. The van der Waals surface area contributed by atoms with E-state index in [-0.39, 0.29) is 6.42 Å². The molecular weight excluding hydrogens is 304 g/mol. The number of aliphatic hydroxyl groups is 1. The Bertz CT molecular complexity index is 671. The topological polar surface area (TPSA) is 58.4 Å². The highest BCUT2D eigenvalue weighted by atomic mass is 19.3. The van der Waals surface area contributed by atoms with Gasteiger partial charge in [0, 0.05) is 18.8 Å². The van der Waals surface area contributed by atoms with E-state index in [1.807, 2.05) is 12.1 Å². The summed E-state index contributed by atoms with van der Waals surface area (Å²) in [5, 5.41) is 13.3. The third-order valence-corrected chi connectivity index (χ3v) is 3.97. The van der Waals surface area contributed by atoms with E-state index in [0.29, 0.717) is 0 Å². The highest BCUT2D eigenvalue weighted by Gasteiger charge is 2.46. The number of carbonyl (C=O) groups is 1. The van der Waals surface area contributed by atoms with Gasteiger partial charge < -0.3 is 10.0 Å². The summed E-state index contributed by atoms with van der Waals surface area (Å²) in [5.41, 5.74) is 1.59. The smallest absolute Gasteiger partial charge is 0.267 e. The monoisotopic (exact) mass is 321 g/mol. The number of hydrogen-bond donors (Lipinski definition) is 1. The summed E-state index contributed by atoms with van der Waals surface area (Å²) in [6.45, 7) is -1.07. The number of carbonyl (C=O) groups excluding carboxylic acids is 1. The Kier molecular flexibility index (Phi) is 4.12. The van der Waals surface area contributed by atoms with Crippen molar-refractivity contribution in [3.8, 4) is 5.69 Å². The van der Waals surface area contributed by atoms with Gasteiger partial charge in [-0.2, -0.15) is 5.10 Å². The third-order valence-electron chi connectivity index (χ3n) is 3.97. The largest absolute Gasteiger partial charge is 0.394 e. The molecule has 1 aliphatic heterocycles. The van der Waals surface area contributed by atoms with E-state index in [2.05, 4.69) is 5.10 Å². The quantitative estimate of drug-likeness (QED) is 0.931. The minimum Gasteiger partial charge on any atom is -0.394 e.